The van der Waals surface area contributed by atoms with Crippen LogP contribution in [-0.4, -0.2) is 25.5 Å². The minimum Gasteiger partial charge on any atom is -0.495 e. The van der Waals surface area contributed by atoms with Crippen LogP contribution in [0.25, 0.3) is 0 Å². The molecule has 3 rings (SSSR count). The lowest BCUT2D eigenvalue weighted by Crippen LogP contribution is -2.20. The van der Waals surface area contributed by atoms with Crippen molar-refractivity contribution in [2.24, 2.45) is 0 Å². The second-order valence-electron chi connectivity index (χ2n) is 6.14. The van der Waals surface area contributed by atoms with Crippen molar-refractivity contribution in [2.75, 3.05) is 24.4 Å². The highest BCUT2D eigenvalue weighted by molar-refractivity contribution is 6.30. The first-order chi connectivity index (χ1) is 14.5. The molecule has 2 N–H and O–H groups in total. The normalized spacial score (nSPS) is 10.2. The molecule has 0 aliphatic heterocycles. The number of ether oxygens (including phenoxy) is 2. The summed E-state index contributed by atoms with van der Waals surface area (Å²) in [5, 5.41) is 5.34. The van der Waals surface area contributed by atoms with Gasteiger partial charge in [-0.1, -0.05) is 23.7 Å². The fourth-order valence-electron chi connectivity index (χ4n) is 2.56. The lowest BCUT2D eigenvalue weighted by atomic mass is 10.2. The van der Waals surface area contributed by atoms with Crippen LogP contribution in [0, 0.1) is 5.82 Å². The van der Waals surface area contributed by atoms with E-state index in [0.29, 0.717) is 22.7 Å². The van der Waals surface area contributed by atoms with Crippen LogP contribution in [0.2, 0.25) is 5.02 Å². The van der Waals surface area contributed by atoms with Crippen molar-refractivity contribution in [3.63, 3.8) is 0 Å². The second kappa shape index (κ2) is 9.76. The third-order valence-electron chi connectivity index (χ3n) is 4.05. The first-order valence-electron chi connectivity index (χ1n) is 8.88. The fraction of sp³-hybridized carbons (Fsp3) is 0.0909. The molecule has 0 fully saturated rings. The zero-order chi connectivity index (χ0) is 21.5. The third-order valence-corrected chi connectivity index (χ3v) is 4.34. The van der Waals surface area contributed by atoms with Gasteiger partial charge in [-0.05, 0) is 48.5 Å². The number of benzene rings is 3. The van der Waals surface area contributed by atoms with Crippen molar-refractivity contribution in [3.05, 3.63) is 83.1 Å². The summed E-state index contributed by atoms with van der Waals surface area (Å²) in [5.41, 5.74) is 1.46. The maximum absolute atomic E-state index is 13.1. The zero-order valence-corrected chi connectivity index (χ0v) is 16.7. The van der Waals surface area contributed by atoms with E-state index in [4.69, 9.17) is 21.1 Å². The molecule has 0 saturated carbocycles. The standard InChI is InChI=1S/C22H18ClFN2O4/c1-29-20-5-3-2-4-19(20)26-22(28)14-6-8-15(9-7-14)25-21(27)13-30-16-10-11-18(24)17(23)12-16/h2-12H,13H2,1H3,(H,25,27)(H,26,28). The number of rotatable bonds is 7. The van der Waals surface area contributed by atoms with Gasteiger partial charge < -0.3 is 20.1 Å². The van der Waals surface area contributed by atoms with E-state index in [0.717, 1.165) is 6.07 Å². The quantitative estimate of drug-likeness (QED) is 0.569. The van der Waals surface area contributed by atoms with Gasteiger partial charge in [0.2, 0.25) is 0 Å². The minimum atomic E-state index is -0.566. The predicted molar refractivity (Wildman–Crippen MR) is 113 cm³/mol. The molecule has 0 unspecified atom stereocenters. The van der Waals surface area contributed by atoms with Crippen LogP contribution in [0.3, 0.4) is 0 Å². The third kappa shape index (κ3) is 5.48. The molecular formula is C22H18ClFN2O4. The molecule has 154 valence electrons. The van der Waals surface area contributed by atoms with Crippen LogP contribution in [0.1, 0.15) is 10.4 Å². The van der Waals surface area contributed by atoms with Crippen molar-refractivity contribution < 1.29 is 23.5 Å². The molecule has 0 atom stereocenters. The van der Waals surface area contributed by atoms with Gasteiger partial charge in [0.15, 0.2) is 6.61 Å². The average molecular weight is 429 g/mol. The predicted octanol–water partition coefficient (Wildman–Crippen LogP) is 4.76. The Labute approximate surface area is 177 Å². The highest BCUT2D eigenvalue weighted by atomic mass is 35.5. The Morgan fingerprint density at radius 1 is 1.00 bits per heavy atom. The molecule has 0 radical (unpaired) electrons. The maximum atomic E-state index is 13.1. The molecule has 0 aliphatic rings. The van der Waals surface area contributed by atoms with Crippen LogP contribution in [-0.2, 0) is 4.79 Å². The molecule has 0 heterocycles. The van der Waals surface area contributed by atoms with Gasteiger partial charge in [0.25, 0.3) is 11.8 Å². The van der Waals surface area contributed by atoms with Crippen molar-refractivity contribution in [1.82, 2.24) is 0 Å². The van der Waals surface area contributed by atoms with Gasteiger partial charge in [-0.25, -0.2) is 4.39 Å². The molecule has 0 saturated heterocycles. The second-order valence-corrected chi connectivity index (χ2v) is 6.55. The van der Waals surface area contributed by atoms with E-state index < -0.39 is 11.7 Å². The summed E-state index contributed by atoms with van der Waals surface area (Å²) < 4.78 is 23.6. The number of methoxy groups -OCH3 is 1. The highest BCUT2D eigenvalue weighted by Gasteiger charge is 2.10. The number of hydrogen-bond donors (Lipinski definition) is 2. The summed E-state index contributed by atoms with van der Waals surface area (Å²) >= 11 is 5.67. The van der Waals surface area contributed by atoms with E-state index in [-0.39, 0.29) is 23.3 Å². The topological polar surface area (TPSA) is 76.7 Å². The van der Waals surface area contributed by atoms with E-state index in [1.165, 1.54) is 19.2 Å². The number of hydrogen-bond acceptors (Lipinski definition) is 4. The highest BCUT2D eigenvalue weighted by Crippen LogP contribution is 2.24. The summed E-state index contributed by atoms with van der Waals surface area (Å²) in [7, 11) is 1.52. The minimum absolute atomic E-state index is 0.0881. The fourth-order valence-corrected chi connectivity index (χ4v) is 2.73. The molecule has 3 aromatic rings. The molecular weight excluding hydrogens is 411 g/mol. The van der Waals surface area contributed by atoms with Crippen LogP contribution < -0.4 is 20.1 Å². The number of nitrogens with one attached hydrogen (secondary N) is 2. The van der Waals surface area contributed by atoms with Gasteiger partial charge in [-0.3, -0.25) is 9.59 Å². The molecule has 0 aromatic heterocycles. The molecule has 0 spiro atoms. The van der Waals surface area contributed by atoms with Crippen LogP contribution in [0.5, 0.6) is 11.5 Å². The Kier molecular flexibility index (Phi) is 6.87. The van der Waals surface area contributed by atoms with Crippen LogP contribution >= 0.6 is 11.6 Å². The molecule has 2 amide bonds. The first kappa shape index (κ1) is 21.1. The van der Waals surface area contributed by atoms with Gasteiger partial charge >= 0.3 is 0 Å². The van der Waals surface area contributed by atoms with E-state index in [9.17, 15) is 14.0 Å². The average Bonchev–Trinajstić information content (AvgIpc) is 2.75. The Hall–Kier alpha value is -3.58. The van der Waals surface area contributed by atoms with E-state index >= 15 is 0 Å². The number of para-hydroxylation sites is 2. The van der Waals surface area contributed by atoms with Gasteiger partial charge in [0.1, 0.15) is 17.3 Å². The van der Waals surface area contributed by atoms with E-state index in [2.05, 4.69) is 10.6 Å². The zero-order valence-electron chi connectivity index (χ0n) is 15.9. The first-order valence-corrected chi connectivity index (χ1v) is 9.26. The summed E-state index contributed by atoms with van der Waals surface area (Å²) in [6.07, 6.45) is 0. The molecule has 6 nitrogen and oxygen atoms in total. The summed E-state index contributed by atoms with van der Waals surface area (Å²) in [6, 6.07) is 17.3. The van der Waals surface area contributed by atoms with E-state index in [1.807, 2.05) is 0 Å². The maximum Gasteiger partial charge on any atom is 0.262 e. The van der Waals surface area contributed by atoms with E-state index in [1.54, 1.807) is 48.5 Å². The summed E-state index contributed by atoms with van der Waals surface area (Å²) in [5.74, 6) is -0.462. The van der Waals surface area contributed by atoms with Crippen LogP contribution in [0.15, 0.2) is 66.7 Å². The molecule has 8 heteroatoms. The Bertz CT molecular complexity index is 1060. The largest absolute Gasteiger partial charge is 0.495 e. The van der Waals surface area contributed by atoms with Gasteiger partial charge in [0.05, 0.1) is 17.8 Å². The van der Waals surface area contributed by atoms with Crippen molar-refractivity contribution in [3.8, 4) is 11.5 Å². The number of carbonyl (C=O) groups excluding carboxylic acids is 2. The van der Waals surface area contributed by atoms with Gasteiger partial charge in [-0.15, -0.1) is 0 Å². The lowest BCUT2D eigenvalue weighted by molar-refractivity contribution is -0.118. The Morgan fingerprint density at radius 2 is 1.73 bits per heavy atom. The Balaban J connectivity index is 1.55. The van der Waals surface area contributed by atoms with Gasteiger partial charge in [-0.2, -0.15) is 0 Å². The molecule has 30 heavy (non-hydrogen) atoms. The number of halogens is 2. The number of anilines is 2. The smallest absolute Gasteiger partial charge is 0.262 e. The Morgan fingerprint density at radius 3 is 2.43 bits per heavy atom. The number of amides is 2. The summed E-state index contributed by atoms with van der Waals surface area (Å²) in [6.45, 7) is -0.280. The van der Waals surface area contributed by atoms with Crippen molar-refractivity contribution in [2.45, 2.75) is 0 Å². The summed E-state index contributed by atoms with van der Waals surface area (Å²) in [4.78, 5) is 24.4. The number of carbonyl (C=O) groups is 2. The molecule has 0 bridgehead atoms. The van der Waals surface area contributed by atoms with Gasteiger partial charge in [0, 0.05) is 17.3 Å². The lowest BCUT2D eigenvalue weighted by Gasteiger charge is -2.11. The molecule has 3 aromatic carbocycles. The van der Waals surface area contributed by atoms with Crippen LogP contribution in [0.4, 0.5) is 15.8 Å². The van der Waals surface area contributed by atoms with Crippen molar-refractivity contribution >= 4 is 34.8 Å². The monoisotopic (exact) mass is 428 g/mol. The van der Waals surface area contributed by atoms with Crippen molar-refractivity contribution in [1.29, 1.82) is 0 Å². The molecule has 0 aliphatic carbocycles. The SMILES string of the molecule is COc1ccccc1NC(=O)c1ccc(NC(=O)COc2ccc(F)c(Cl)c2)cc1.